The first kappa shape index (κ1) is 23.0. The van der Waals surface area contributed by atoms with Gasteiger partial charge in [-0.25, -0.2) is 14.8 Å². The van der Waals surface area contributed by atoms with Gasteiger partial charge >= 0.3 is 12.1 Å². The van der Waals surface area contributed by atoms with E-state index in [9.17, 15) is 18.0 Å². The first-order valence-corrected chi connectivity index (χ1v) is 10.4. The summed E-state index contributed by atoms with van der Waals surface area (Å²) in [5.41, 5.74) is 4.92. The van der Waals surface area contributed by atoms with Crippen molar-refractivity contribution in [2.75, 3.05) is 6.54 Å². The van der Waals surface area contributed by atoms with Crippen molar-refractivity contribution < 1.29 is 27.9 Å². The highest BCUT2D eigenvalue weighted by Crippen LogP contribution is 2.32. The average Bonchev–Trinajstić information content (AvgIpc) is 3.50. The number of aliphatic imine (C=N–C) groups is 1. The molecule has 3 aromatic rings. The molecule has 1 aliphatic heterocycles. The molecule has 0 saturated carbocycles. The number of alkyl halides is 3. The predicted molar refractivity (Wildman–Crippen MR) is 119 cm³/mol. The minimum atomic E-state index is -5.08. The number of carboxylic acids is 1. The maximum absolute atomic E-state index is 12.3. The van der Waals surface area contributed by atoms with E-state index >= 15 is 0 Å². The van der Waals surface area contributed by atoms with Gasteiger partial charge < -0.3 is 15.4 Å². The van der Waals surface area contributed by atoms with E-state index in [0.717, 1.165) is 36.0 Å². The highest BCUT2D eigenvalue weighted by molar-refractivity contribution is 6.14. The van der Waals surface area contributed by atoms with E-state index < -0.39 is 12.1 Å². The van der Waals surface area contributed by atoms with Crippen molar-refractivity contribution in [2.24, 2.45) is 4.99 Å². The van der Waals surface area contributed by atoms with Crippen LogP contribution in [0.25, 0.3) is 17.1 Å². The van der Waals surface area contributed by atoms with Crippen molar-refractivity contribution in [1.82, 2.24) is 20.6 Å². The highest BCUT2D eigenvalue weighted by atomic mass is 19.4. The largest absolute Gasteiger partial charge is 0.490 e. The fourth-order valence-electron chi connectivity index (χ4n) is 3.87. The number of hydrogen-bond donors (Lipinski definition) is 4. The molecule has 4 N–H and O–H groups in total. The Balaban J connectivity index is 0.000000344. The monoisotopic (exact) mass is 471 g/mol. The van der Waals surface area contributed by atoms with E-state index in [-0.39, 0.29) is 5.91 Å². The molecular formula is C23H20F3N5O3. The Kier molecular flexibility index (Phi) is 6.35. The Morgan fingerprint density at radius 3 is 2.76 bits per heavy atom. The zero-order valence-corrected chi connectivity index (χ0v) is 17.7. The SMILES string of the molecule is O=C(O)C(F)(F)F.O=C1NC(NCC2CCc3ccccc32)=NC1=Cc1c[nH]c2ncccc12. The molecule has 2 aromatic heterocycles. The maximum atomic E-state index is 12.3. The van der Waals surface area contributed by atoms with Crippen LogP contribution in [0.15, 0.2) is 59.5 Å². The standard InChI is InChI=1S/C21H19N5O.C2HF3O2/c27-20-18(10-15-12-23-19-17(15)6-3-9-22-19)25-21(26-20)24-11-14-8-7-13-4-1-2-5-16(13)14;3-2(4,5)1(6)7/h1-6,9-10,12,14H,7-8,11H2,(H,22,23)(H2,24,25,26,27);(H,6,7). The van der Waals surface area contributed by atoms with Crippen LogP contribution in [0, 0.1) is 0 Å². The lowest BCUT2D eigenvalue weighted by Gasteiger charge is -2.13. The van der Waals surface area contributed by atoms with Gasteiger partial charge in [-0.1, -0.05) is 24.3 Å². The zero-order valence-electron chi connectivity index (χ0n) is 17.7. The van der Waals surface area contributed by atoms with Crippen LogP contribution in [0.2, 0.25) is 0 Å². The number of guanidine groups is 1. The van der Waals surface area contributed by atoms with Crippen LogP contribution < -0.4 is 10.6 Å². The molecule has 1 atom stereocenters. The molecule has 5 rings (SSSR count). The van der Waals surface area contributed by atoms with E-state index in [1.807, 2.05) is 18.3 Å². The van der Waals surface area contributed by atoms with Gasteiger partial charge in [0.05, 0.1) is 0 Å². The number of nitrogens with zero attached hydrogens (tertiary/aromatic N) is 2. The van der Waals surface area contributed by atoms with Crippen molar-refractivity contribution in [3.63, 3.8) is 0 Å². The number of carbonyl (C=O) groups is 2. The van der Waals surface area contributed by atoms with Gasteiger partial charge in [-0.15, -0.1) is 0 Å². The molecule has 34 heavy (non-hydrogen) atoms. The predicted octanol–water partition coefficient (Wildman–Crippen LogP) is 3.34. The van der Waals surface area contributed by atoms with Crippen LogP contribution in [-0.4, -0.2) is 45.6 Å². The summed E-state index contributed by atoms with van der Waals surface area (Å²) in [5, 5.41) is 14.2. The molecule has 3 heterocycles. The van der Waals surface area contributed by atoms with Gasteiger partial charge in [-0.05, 0) is 42.2 Å². The lowest BCUT2D eigenvalue weighted by atomic mass is 10.0. The minimum Gasteiger partial charge on any atom is -0.475 e. The van der Waals surface area contributed by atoms with E-state index in [1.165, 1.54) is 11.1 Å². The van der Waals surface area contributed by atoms with Crippen LogP contribution in [-0.2, 0) is 16.0 Å². The van der Waals surface area contributed by atoms with E-state index in [1.54, 1.807) is 12.3 Å². The number of benzene rings is 1. The Hall–Kier alpha value is -4.15. The van der Waals surface area contributed by atoms with Gasteiger partial charge in [-0.3, -0.25) is 10.1 Å². The smallest absolute Gasteiger partial charge is 0.475 e. The Bertz CT molecular complexity index is 1300. The normalized spacial score (nSPS) is 18.2. The molecule has 8 nitrogen and oxygen atoms in total. The van der Waals surface area contributed by atoms with Crippen molar-refractivity contribution in [1.29, 1.82) is 0 Å². The number of pyridine rings is 1. The fourth-order valence-corrected chi connectivity index (χ4v) is 3.87. The Labute approximate surface area is 191 Å². The summed E-state index contributed by atoms with van der Waals surface area (Å²) in [6.45, 7) is 0.764. The molecule has 2 aliphatic rings. The van der Waals surface area contributed by atoms with Gasteiger partial charge in [0.1, 0.15) is 11.3 Å². The maximum Gasteiger partial charge on any atom is 0.490 e. The van der Waals surface area contributed by atoms with Gasteiger partial charge in [-0.2, -0.15) is 13.2 Å². The first-order chi connectivity index (χ1) is 16.2. The molecule has 1 amide bonds. The second-order valence-electron chi connectivity index (χ2n) is 7.71. The number of carboxylic acid groups (broad SMARTS) is 1. The molecule has 1 aliphatic carbocycles. The highest BCUT2D eigenvalue weighted by Gasteiger charge is 2.38. The van der Waals surface area contributed by atoms with Crippen molar-refractivity contribution in [3.8, 4) is 0 Å². The fraction of sp³-hybridized carbons (Fsp3) is 0.217. The van der Waals surface area contributed by atoms with E-state index in [2.05, 4.69) is 49.9 Å². The molecule has 0 fully saturated rings. The summed E-state index contributed by atoms with van der Waals surface area (Å²) >= 11 is 0. The summed E-state index contributed by atoms with van der Waals surface area (Å²) in [4.78, 5) is 33.0. The summed E-state index contributed by atoms with van der Waals surface area (Å²) < 4.78 is 31.7. The van der Waals surface area contributed by atoms with Gasteiger partial charge in [0.2, 0.25) is 5.96 Å². The lowest BCUT2D eigenvalue weighted by molar-refractivity contribution is -0.192. The molecule has 176 valence electrons. The lowest BCUT2D eigenvalue weighted by Crippen LogP contribution is -2.38. The number of fused-ring (bicyclic) bond motifs is 2. The van der Waals surface area contributed by atoms with Crippen molar-refractivity contribution >= 4 is 34.9 Å². The molecule has 1 unspecified atom stereocenters. The van der Waals surface area contributed by atoms with Gasteiger partial charge in [0.25, 0.3) is 5.91 Å². The number of carbonyl (C=O) groups excluding carboxylic acids is 1. The molecule has 11 heteroatoms. The topological polar surface area (TPSA) is 119 Å². The number of aliphatic carboxylic acids is 1. The average molecular weight is 471 g/mol. The Morgan fingerprint density at radius 1 is 1.24 bits per heavy atom. The molecular weight excluding hydrogens is 451 g/mol. The van der Waals surface area contributed by atoms with Gasteiger partial charge in [0.15, 0.2) is 0 Å². The number of H-pyrrole nitrogens is 1. The third-order valence-electron chi connectivity index (χ3n) is 5.49. The number of hydrogen-bond acceptors (Lipinski definition) is 5. The third kappa shape index (κ3) is 5.08. The molecule has 0 spiro atoms. The third-order valence-corrected chi connectivity index (χ3v) is 5.49. The number of aromatic amines is 1. The van der Waals surface area contributed by atoms with Crippen LogP contribution in [0.4, 0.5) is 13.2 Å². The van der Waals surface area contributed by atoms with Crippen LogP contribution in [0.5, 0.6) is 0 Å². The van der Waals surface area contributed by atoms with Crippen LogP contribution in [0.3, 0.4) is 0 Å². The number of aromatic nitrogens is 2. The minimum absolute atomic E-state index is 0.192. The second kappa shape index (κ2) is 9.38. The number of rotatable bonds is 3. The summed E-state index contributed by atoms with van der Waals surface area (Å²) in [5.74, 6) is -1.97. The number of halogens is 3. The van der Waals surface area contributed by atoms with Crippen LogP contribution in [0.1, 0.15) is 29.0 Å². The molecule has 0 radical (unpaired) electrons. The second-order valence-corrected chi connectivity index (χ2v) is 7.71. The molecule has 0 saturated heterocycles. The zero-order chi connectivity index (χ0) is 24.3. The van der Waals surface area contributed by atoms with Gasteiger partial charge in [0, 0.05) is 35.8 Å². The molecule has 0 bridgehead atoms. The molecule has 1 aromatic carbocycles. The van der Waals surface area contributed by atoms with Crippen LogP contribution >= 0.6 is 0 Å². The number of amides is 1. The summed E-state index contributed by atoms with van der Waals surface area (Å²) in [6, 6.07) is 12.4. The number of aryl methyl sites for hydroxylation is 1. The van der Waals surface area contributed by atoms with E-state index in [4.69, 9.17) is 9.90 Å². The van der Waals surface area contributed by atoms with Crippen molar-refractivity contribution in [3.05, 3.63) is 71.2 Å². The Morgan fingerprint density at radius 2 is 2.00 bits per heavy atom. The quantitative estimate of drug-likeness (QED) is 0.437. The van der Waals surface area contributed by atoms with E-state index in [0.29, 0.717) is 17.6 Å². The van der Waals surface area contributed by atoms with Crippen molar-refractivity contribution in [2.45, 2.75) is 24.9 Å². The first-order valence-electron chi connectivity index (χ1n) is 10.4. The number of nitrogens with one attached hydrogen (secondary N) is 3. The summed E-state index contributed by atoms with van der Waals surface area (Å²) in [6.07, 6.45) is 2.52. The summed E-state index contributed by atoms with van der Waals surface area (Å²) in [7, 11) is 0.